The topological polar surface area (TPSA) is 56.0 Å². The van der Waals surface area contributed by atoms with Gasteiger partial charge in [0.15, 0.2) is 5.96 Å². The molecule has 0 unspecified atom stereocenters. The molecule has 0 spiro atoms. The van der Waals surface area contributed by atoms with E-state index in [0.29, 0.717) is 12.6 Å². The number of nitrogens with zero attached hydrogens (tertiary/aromatic N) is 3. The minimum Gasteiger partial charge on any atom is -0.468 e. The smallest absolute Gasteiger partial charge is 0.191 e. The van der Waals surface area contributed by atoms with E-state index >= 15 is 0 Å². The summed E-state index contributed by atoms with van der Waals surface area (Å²) in [4.78, 5) is 9.79. The van der Waals surface area contributed by atoms with Crippen LogP contribution in [0.1, 0.15) is 50.5 Å². The molecule has 0 bridgehead atoms. The number of hydrogen-bond donors (Lipinski definition) is 2. The first-order valence-corrected chi connectivity index (χ1v) is 12.1. The van der Waals surface area contributed by atoms with Crippen molar-refractivity contribution in [1.82, 2.24) is 20.4 Å². The molecule has 1 aromatic heterocycles. The van der Waals surface area contributed by atoms with Crippen LogP contribution in [0.4, 0.5) is 0 Å². The Balaban J connectivity index is 0.00000385. The van der Waals surface area contributed by atoms with Gasteiger partial charge in [0.2, 0.25) is 0 Å². The Kier molecular flexibility index (Phi) is 12.3. The molecule has 2 heterocycles. The maximum atomic E-state index is 5.49. The van der Waals surface area contributed by atoms with E-state index in [0.717, 1.165) is 37.3 Å². The van der Waals surface area contributed by atoms with E-state index in [1.165, 1.54) is 43.6 Å². The Hall–Kier alpha value is -1.58. The van der Waals surface area contributed by atoms with Gasteiger partial charge in [-0.25, -0.2) is 4.99 Å². The first-order chi connectivity index (χ1) is 15.5. The molecule has 0 amide bonds. The molecule has 1 aliphatic heterocycles. The Morgan fingerprint density at radius 2 is 1.85 bits per heavy atom. The summed E-state index contributed by atoms with van der Waals surface area (Å²) in [7, 11) is 2.12. The Morgan fingerprint density at radius 3 is 2.48 bits per heavy atom. The first-order valence-electron chi connectivity index (χ1n) is 12.1. The maximum Gasteiger partial charge on any atom is 0.191 e. The van der Waals surface area contributed by atoms with Crippen LogP contribution in [-0.4, -0.2) is 55.0 Å². The summed E-state index contributed by atoms with van der Waals surface area (Å²) in [6, 6.07) is 13.1. The predicted octanol–water partition coefficient (Wildman–Crippen LogP) is 4.71. The van der Waals surface area contributed by atoms with E-state index in [4.69, 9.17) is 9.41 Å². The molecule has 1 fully saturated rings. The van der Waals surface area contributed by atoms with Gasteiger partial charge in [0, 0.05) is 38.8 Å². The standard InChI is InChI=1S/C26H41N5O.HI/c1-5-27-26(29-24-12-14-31(15-13-24)18-21(2)3)28-17-22-9-6-7-10-23(22)19-30(4)20-25-11-8-16-32-25;/h6-11,16,21,24H,5,12-15,17-20H2,1-4H3,(H2,27,28,29);1H. The Morgan fingerprint density at radius 1 is 1.12 bits per heavy atom. The highest BCUT2D eigenvalue weighted by atomic mass is 127. The molecule has 33 heavy (non-hydrogen) atoms. The fraction of sp³-hybridized carbons (Fsp3) is 0.577. The third-order valence-corrected chi connectivity index (χ3v) is 5.87. The summed E-state index contributed by atoms with van der Waals surface area (Å²) in [5.74, 6) is 2.64. The Labute approximate surface area is 217 Å². The van der Waals surface area contributed by atoms with Gasteiger partial charge >= 0.3 is 0 Å². The van der Waals surface area contributed by atoms with Crippen LogP contribution in [0.3, 0.4) is 0 Å². The van der Waals surface area contributed by atoms with Crippen LogP contribution in [0.2, 0.25) is 0 Å². The number of rotatable bonds is 10. The van der Waals surface area contributed by atoms with Gasteiger partial charge in [-0.3, -0.25) is 4.90 Å². The quantitative estimate of drug-likeness (QED) is 0.248. The first kappa shape index (κ1) is 27.7. The molecule has 1 aromatic carbocycles. The second-order valence-corrected chi connectivity index (χ2v) is 9.33. The molecular weight excluding hydrogens is 525 g/mol. The molecule has 2 aromatic rings. The molecule has 184 valence electrons. The van der Waals surface area contributed by atoms with Crippen molar-refractivity contribution in [3.63, 3.8) is 0 Å². The van der Waals surface area contributed by atoms with Crippen molar-refractivity contribution in [1.29, 1.82) is 0 Å². The SMILES string of the molecule is CCNC(=NCc1ccccc1CN(C)Cc1ccco1)NC1CCN(CC(C)C)CC1.I. The van der Waals surface area contributed by atoms with E-state index in [1.54, 1.807) is 6.26 Å². The number of halogens is 1. The van der Waals surface area contributed by atoms with Crippen LogP contribution in [0.25, 0.3) is 0 Å². The second kappa shape index (κ2) is 14.6. The van der Waals surface area contributed by atoms with Gasteiger partial charge in [0.05, 0.1) is 19.4 Å². The van der Waals surface area contributed by atoms with Gasteiger partial charge in [-0.2, -0.15) is 0 Å². The van der Waals surface area contributed by atoms with Crippen molar-refractivity contribution in [3.8, 4) is 0 Å². The minimum atomic E-state index is 0. The van der Waals surface area contributed by atoms with Crippen molar-refractivity contribution >= 4 is 29.9 Å². The fourth-order valence-electron chi connectivity index (χ4n) is 4.34. The minimum absolute atomic E-state index is 0. The zero-order chi connectivity index (χ0) is 22.8. The molecular formula is C26H42IN5O. The average molecular weight is 568 g/mol. The number of piperidine rings is 1. The third-order valence-electron chi connectivity index (χ3n) is 5.87. The van der Waals surface area contributed by atoms with Gasteiger partial charge in [-0.1, -0.05) is 38.1 Å². The lowest BCUT2D eigenvalue weighted by molar-refractivity contribution is 0.187. The highest BCUT2D eigenvalue weighted by Gasteiger charge is 2.20. The molecule has 0 radical (unpaired) electrons. The molecule has 1 saturated heterocycles. The van der Waals surface area contributed by atoms with Gasteiger partial charge in [0.1, 0.15) is 5.76 Å². The third kappa shape index (κ3) is 9.66. The lowest BCUT2D eigenvalue weighted by Gasteiger charge is -2.34. The molecule has 2 N–H and O–H groups in total. The van der Waals surface area contributed by atoms with Crippen molar-refractivity contribution in [2.75, 3.05) is 33.2 Å². The summed E-state index contributed by atoms with van der Waals surface area (Å²) < 4.78 is 5.49. The van der Waals surface area contributed by atoms with Crippen molar-refractivity contribution in [2.45, 2.75) is 59.3 Å². The number of benzene rings is 1. The highest BCUT2D eigenvalue weighted by molar-refractivity contribution is 14.0. The molecule has 0 aliphatic carbocycles. The zero-order valence-electron chi connectivity index (χ0n) is 20.7. The summed E-state index contributed by atoms with van der Waals surface area (Å²) in [5, 5.41) is 7.12. The molecule has 7 heteroatoms. The summed E-state index contributed by atoms with van der Waals surface area (Å²) >= 11 is 0. The van der Waals surface area contributed by atoms with Gasteiger partial charge in [-0.15, -0.1) is 24.0 Å². The molecule has 1 aliphatic rings. The van der Waals surface area contributed by atoms with Crippen molar-refractivity contribution in [2.24, 2.45) is 10.9 Å². The number of nitrogens with one attached hydrogen (secondary N) is 2. The monoisotopic (exact) mass is 567 g/mol. The molecule has 0 atom stereocenters. The lowest BCUT2D eigenvalue weighted by atomic mass is 10.0. The lowest BCUT2D eigenvalue weighted by Crippen LogP contribution is -2.49. The zero-order valence-corrected chi connectivity index (χ0v) is 23.0. The van der Waals surface area contributed by atoms with Gasteiger partial charge in [0.25, 0.3) is 0 Å². The molecule has 6 nitrogen and oxygen atoms in total. The highest BCUT2D eigenvalue weighted by Crippen LogP contribution is 2.15. The second-order valence-electron chi connectivity index (χ2n) is 9.33. The van der Waals surface area contributed by atoms with Gasteiger partial charge in [-0.05, 0) is 56.0 Å². The molecule has 0 saturated carbocycles. The van der Waals surface area contributed by atoms with Crippen LogP contribution in [-0.2, 0) is 19.6 Å². The Bertz CT molecular complexity index is 816. The van der Waals surface area contributed by atoms with E-state index in [9.17, 15) is 0 Å². The van der Waals surface area contributed by atoms with Crippen molar-refractivity contribution < 1.29 is 4.42 Å². The van der Waals surface area contributed by atoms with Crippen LogP contribution < -0.4 is 10.6 Å². The van der Waals surface area contributed by atoms with Crippen LogP contribution in [0.5, 0.6) is 0 Å². The predicted molar refractivity (Wildman–Crippen MR) is 148 cm³/mol. The normalized spacial score (nSPS) is 15.6. The average Bonchev–Trinajstić information content (AvgIpc) is 3.27. The number of hydrogen-bond acceptors (Lipinski definition) is 4. The van der Waals surface area contributed by atoms with E-state index in [1.807, 2.05) is 12.1 Å². The largest absolute Gasteiger partial charge is 0.468 e. The van der Waals surface area contributed by atoms with Crippen LogP contribution >= 0.6 is 24.0 Å². The van der Waals surface area contributed by atoms with Crippen molar-refractivity contribution in [3.05, 3.63) is 59.5 Å². The number of aliphatic imine (C=N–C) groups is 1. The molecule has 3 rings (SSSR count). The van der Waals surface area contributed by atoms with E-state index in [2.05, 4.69) is 72.5 Å². The fourth-order valence-corrected chi connectivity index (χ4v) is 4.34. The van der Waals surface area contributed by atoms with E-state index in [-0.39, 0.29) is 24.0 Å². The summed E-state index contributed by atoms with van der Waals surface area (Å²) in [6.07, 6.45) is 4.08. The number of guanidine groups is 1. The maximum absolute atomic E-state index is 5.49. The number of furan rings is 1. The van der Waals surface area contributed by atoms with E-state index < -0.39 is 0 Å². The van der Waals surface area contributed by atoms with Crippen LogP contribution in [0.15, 0.2) is 52.1 Å². The van der Waals surface area contributed by atoms with Crippen LogP contribution in [0, 0.1) is 5.92 Å². The summed E-state index contributed by atoms with van der Waals surface area (Å²) in [5.41, 5.74) is 2.57. The van der Waals surface area contributed by atoms with Gasteiger partial charge < -0.3 is 20.0 Å². The summed E-state index contributed by atoms with van der Waals surface area (Å²) in [6.45, 7) is 13.5. The number of likely N-dealkylation sites (tertiary alicyclic amines) is 1.